The molecule has 0 amide bonds. The monoisotopic (exact) mass is 514 g/mol. The second kappa shape index (κ2) is 12.1. The van der Waals surface area contributed by atoms with Crippen molar-refractivity contribution in [1.29, 1.82) is 0 Å². The van der Waals surface area contributed by atoms with Crippen LogP contribution in [-0.2, 0) is 25.7 Å². The first-order valence-corrected chi connectivity index (χ1v) is 13.0. The van der Waals surface area contributed by atoms with Crippen molar-refractivity contribution in [2.24, 2.45) is 0 Å². The normalized spacial score (nSPS) is 13.6. The van der Waals surface area contributed by atoms with E-state index in [0.717, 1.165) is 25.7 Å². The molecule has 3 aromatic carbocycles. The average molecular weight is 515 g/mol. The van der Waals surface area contributed by atoms with Gasteiger partial charge in [0.25, 0.3) is 0 Å². The largest absolute Gasteiger partial charge is 0.506 e. The fourth-order valence-corrected chi connectivity index (χ4v) is 5.10. The van der Waals surface area contributed by atoms with E-state index in [-0.39, 0.29) is 11.3 Å². The molecule has 0 radical (unpaired) electrons. The van der Waals surface area contributed by atoms with Crippen LogP contribution >= 0.6 is 0 Å². The number of aromatic amines is 1. The number of pyridine rings is 1. The number of carboxylic acids is 1. The number of aliphatic hydroxyl groups is 1. The first kappa shape index (κ1) is 27.1. The van der Waals surface area contributed by atoms with Gasteiger partial charge < -0.3 is 25.6 Å². The zero-order valence-electron chi connectivity index (χ0n) is 21.7. The Bertz CT molecular complexity index is 1450. The molecule has 5 N–H and O–H groups in total. The van der Waals surface area contributed by atoms with Gasteiger partial charge in [-0.15, -0.1) is 0 Å². The van der Waals surface area contributed by atoms with Crippen molar-refractivity contribution < 1.29 is 20.1 Å². The number of aryl methyl sites for hydroxylation is 2. The molecule has 0 fully saturated rings. The number of aromatic nitrogens is 1. The third-order valence-electron chi connectivity index (χ3n) is 7.10. The Kier molecular flexibility index (Phi) is 8.61. The van der Waals surface area contributed by atoms with Crippen molar-refractivity contribution in [3.63, 3.8) is 0 Å². The van der Waals surface area contributed by atoms with Crippen molar-refractivity contribution >= 4 is 16.9 Å². The lowest BCUT2D eigenvalue weighted by atomic mass is 9.97. The van der Waals surface area contributed by atoms with Crippen LogP contribution in [0.15, 0.2) is 71.5 Å². The van der Waals surface area contributed by atoms with Gasteiger partial charge in [0.2, 0.25) is 5.56 Å². The summed E-state index contributed by atoms with van der Waals surface area (Å²) in [5.41, 5.74) is 6.82. The molecule has 5 rings (SSSR count). The summed E-state index contributed by atoms with van der Waals surface area (Å²) in [5, 5.41) is 33.4. The predicted molar refractivity (Wildman–Crippen MR) is 149 cm³/mol. The summed E-state index contributed by atoms with van der Waals surface area (Å²) < 4.78 is 0. The number of carbonyl (C=O) groups is 1. The molecule has 7 heteroatoms. The van der Waals surface area contributed by atoms with Crippen LogP contribution in [0.2, 0.25) is 0 Å². The van der Waals surface area contributed by atoms with E-state index in [0.29, 0.717) is 34.6 Å². The molecule has 198 valence electrons. The van der Waals surface area contributed by atoms with Crippen LogP contribution in [0.25, 0.3) is 10.9 Å². The number of nitrogens with one attached hydrogen (secondary N) is 2. The van der Waals surface area contributed by atoms with Gasteiger partial charge in [0.05, 0.1) is 17.2 Å². The van der Waals surface area contributed by atoms with Gasteiger partial charge in [-0.05, 0) is 77.8 Å². The number of phenolic OH excluding ortho intramolecular Hbond substituents is 1. The highest BCUT2D eigenvalue weighted by Gasteiger charge is 2.24. The Balaban J connectivity index is 0.000000317. The zero-order valence-corrected chi connectivity index (χ0v) is 21.7. The molecule has 1 aliphatic rings. The number of fused-ring (bicyclic) bond motifs is 2. The number of aromatic hydroxyl groups is 1. The third-order valence-corrected chi connectivity index (χ3v) is 7.10. The van der Waals surface area contributed by atoms with E-state index in [1.54, 1.807) is 42.5 Å². The summed E-state index contributed by atoms with van der Waals surface area (Å²) in [6, 6.07) is 19.6. The van der Waals surface area contributed by atoms with E-state index < -0.39 is 12.1 Å². The van der Waals surface area contributed by atoms with E-state index in [1.807, 2.05) is 0 Å². The lowest BCUT2D eigenvalue weighted by Gasteiger charge is -2.18. The molecule has 1 atom stereocenters. The SMILES string of the molecule is CCc1cc2c(cc1CC)CC(NC[C@H](O)c1ccc(O)c3[nH]c(=O)ccc13)C2.O=C(O)c1ccccc1. The highest BCUT2D eigenvalue weighted by molar-refractivity contribution is 5.88. The number of aliphatic hydroxyl groups excluding tert-OH is 1. The molecule has 38 heavy (non-hydrogen) atoms. The molecule has 7 nitrogen and oxygen atoms in total. The molecule has 0 saturated carbocycles. The summed E-state index contributed by atoms with van der Waals surface area (Å²) >= 11 is 0. The van der Waals surface area contributed by atoms with Crippen LogP contribution in [0, 0.1) is 0 Å². The van der Waals surface area contributed by atoms with Gasteiger partial charge in [-0.3, -0.25) is 4.79 Å². The third kappa shape index (κ3) is 6.13. The predicted octanol–water partition coefficient (Wildman–Crippen LogP) is 4.53. The first-order chi connectivity index (χ1) is 18.3. The number of benzene rings is 3. The number of aromatic carboxylic acids is 1. The number of hydrogen-bond donors (Lipinski definition) is 5. The van der Waals surface area contributed by atoms with Crippen molar-refractivity contribution in [1.82, 2.24) is 10.3 Å². The Morgan fingerprint density at radius 3 is 2.16 bits per heavy atom. The van der Waals surface area contributed by atoms with Gasteiger partial charge in [-0.1, -0.05) is 50.2 Å². The van der Waals surface area contributed by atoms with Crippen molar-refractivity contribution in [2.75, 3.05) is 6.54 Å². The summed E-state index contributed by atoms with van der Waals surface area (Å²) in [6.07, 6.45) is 3.34. The van der Waals surface area contributed by atoms with Crippen LogP contribution in [0.5, 0.6) is 5.75 Å². The zero-order chi connectivity index (χ0) is 27.2. The topological polar surface area (TPSA) is 123 Å². The molecule has 4 aromatic rings. The maximum atomic E-state index is 11.6. The molecular weight excluding hydrogens is 480 g/mol. The van der Waals surface area contributed by atoms with Crippen molar-refractivity contribution in [3.8, 4) is 5.75 Å². The van der Waals surface area contributed by atoms with Crippen LogP contribution in [-0.4, -0.2) is 38.9 Å². The summed E-state index contributed by atoms with van der Waals surface area (Å²) in [7, 11) is 0. The van der Waals surface area contributed by atoms with Gasteiger partial charge >= 0.3 is 5.97 Å². The minimum Gasteiger partial charge on any atom is -0.506 e. The molecule has 0 saturated heterocycles. The van der Waals surface area contributed by atoms with Crippen LogP contribution < -0.4 is 10.9 Å². The molecule has 1 aromatic heterocycles. The number of phenols is 1. The van der Waals surface area contributed by atoms with Gasteiger partial charge in [0.15, 0.2) is 0 Å². The van der Waals surface area contributed by atoms with E-state index in [1.165, 1.54) is 34.4 Å². The Morgan fingerprint density at radius 2 is 1.61 bits per heavy atom. The molecule has 0 unspecified atom stereocenters. The van der Waals surface area contributed by atoms with E-state index in [4.69, 9.17) is 5.11 Å². The molecular formula is C31H34N2O5. The molecule has 1 heterocycles. The van der Waals surface area contributed by atoms with Crippen molar-refractivity contribution in [2.45, 2.75) is 51.7 Å². The highest BCUT2D eigenvalue weighted by atomic mass is 16.4. The second-order valence-electron chi connectivity index (χ2n) is 9.58. The fraction of sp³-hybridized carbons (Fsp3) is 0.290. The molecule has 1 aliphatic carbocycles. The Hall–Kier alpha value is -3.94. The summed E-state index contributed by atoms with van der Waals surface area (Å²) in [6.45, 7) is 4.83. The fourth-order valence-electron chi connectivity index (χ4n) is 5.10. The van der Waals surface area contributed by atoms with Gasteiger partial charge in [0.1, 0.15) is 5.75 Å². The standard InChI is InChI=1S/C24H28N2O3.C7H6O2/c1-3-14-9-16-11-18(12-17(16)10-15(14)4-2)25-13-22(28)19-5-7-21(27)24-20(19)6-8-23(29)26-24;8-7(9)6-4-2-1-3-5-6/h5-10,18,22,25,27-28H,3-4,11-13H2,1-2H3,(H,26,29);1-5H,(H,8,9)/t22-;/m0./s1. The number of rotatable bonds is 7. The minimum atomic E-state index is -0.879. The summed E-state index contributed by atoms with van der Waals surface area (Å²) in [5.74, 6) is -0.873. The minimum absolute atomic E-state index is 0.00584. The number of H-pyrrole nitrogens is 1. The quantitative estimate of drug-likeness (QED) is 0.247. The summed E-state index contributed by atoms with van der Waals surface area (Å²) in [4.78, 5) is 24.4. The maximum absolute atomic E-state index is 11.6. The van der Waals surface area contributed by atoms with Crippen LogP contribution in [0.4, 0.5) is 0 Å². The Labute approximate surface area is 221 Å². The van der Waals surface area contributed by atoms with E-state index in [2.05, 4.69) is 36.3 Å². The number of hydrogen-bond acceptors (Lipinski definition) is 5. The van der Waals surface area contributed by atoms with E-state index >= 15 is 0 Å². The molecule has 0 aliphatic heterocycles. The first-order valence-electron chi connectivity index (χ1n) is 13.0. The molecule has 0 bridgehead atoms. The highest BCUT2D eigenvalue weighted by Crippen LogP contribution is 2.30. The van der Waals surface area contributed by atoms with Gasteiger partial charge in [-0.2, -0.15) is 0 Å². The average Bonchev–Trinajstić information content (AvgIpc) is 3.34. The maximum Gasteiger partial charge on any atom is 0.335 e. The number of carboxylic acid groups (broad SMARTS) is 1. The second-order valence-corrected chi connectivity index (χ2v) is 9.58. The Morgan fingerprint density at radius 1 is 0.974 bits per heavy atom. The van der Waals surface area contributed by atoms with Gasteiger partial charge in [-0.25, -0.2) is 4.79 Å². The smallest absolute Gasteiger partial charge is 0.335 e. The van der Waals surface area contributed by atoms with Gasteiger partial charge in [0, 0.05) is 24.0 Å². The lowest BCUT2D eigenvalue weighted by molar-refractivity contribution is 0.0697. The molecule has 0 spiro atoms. The lowest BCUT2D eigenvalue weighted by Crippen LogP contribution is -2.33. The van der Waals surface area contributed by atoms with E-state index in [9.17, 15) is 19.8 Å². The van der Waals surface area contributed by atoms with Crippen LogP contribution in [0.1, 0.15) is 58.1 Å². The van der Waals surface area contributed by atoms with Crippen LogP contribution in [0.3, 0.4) is 0 Å². The van der Waals surface area contributed by atoms with Crippen molar-refractivity contribution in [3.05, 3.63) is 110 Å².